The van der Waals surface area contributed by atoms with Crippen LogP contribution in [0.2, 0.25) is 0 Å². The maximum absolute atomic E-state index is 12.2. The molecule has 0 aromatic heterocycles. The predicted molar refractivity (Wildman–Crippen MR) is 73.1 cm³/mol. The Labute approximate surface area is 111 Å². The minimum absolute atomic E-state index is 0.109. The fourth-order valence-electron chi connectivity index (χ4n) is 2.53. The predicted octanol–water partition coefficient (Wildman–Crippen LogP) is 1.88. The van der Waals surface area contributed by atoms with Gasteiger partial charge in [0.25, 0.3) is 0 Å². The first-order valence-corrected chi connectivity index (χ1v) is 6.95. The largest absolute Gasteiger partial charge is 0.459 e. The van der Waals surface area contributed by atoms with Gasteiger partial charge in [-0.05, 0) is 34.1 Å². The Balaban J connectivity index is 2.63. The van der Waals surface area contributed by atoms with E-state index in [2.05, 4.69) is 11.9 Å². The van der Waals surface area contributed by atoms with E-state index in [9.17, 15) is 4.79 Å². The summed E-state index contributed by atoms with van der Waals surface area (Å²) in [6, 6.07) is 0. The van der Waals surface area contributed by atoms with Gasteiger partial charge in [0.2, 0.25) is 0 Å². The standard InChI is InChI=1S/C15H27NO2/c1-6-9-14(2,3)13(17)18-15(4,5)12-7-10-16-11-8-12/h6,12,16H,1,7-11H2,2-5H3/p+1. The number of carbonyl (C=O) groups is 1. The third-order valence-corrected chi connectivity index (χ3v) is 3.98. The second-order valence-electron chi connectivity index (χ2n) is 6.51. The summed E-state index contributed by atoms with van der Waals surface area (Å²) in [7, 11) is 0. The third kappa shape index (κ3) is 3.84. The van der Waals surface area contributed by atoms with Crippen molar-refractivity contribution in [2.24, 2.45) is 11.3 Å². The van der Waals surface area contributed by atoms with E-state index < -0.39 is 5.41 Å². The van der Waals surface area contributed by atoms with Gasteiger partial charge in [-0.25, -0.2) is 0 Å². The van der Waals surface area contributed by atoms with Crippen molar-refractivity contribution in [3.8, 4) is 0 Å². The van der Waals surface area contributed by atoms with Crippen LogP contribution in [0.1, 0.15) is 47.0 Å². The zero-order chi connectivity index (χ0) is 13.8. The molecule has 2 N–H and O–H groups in total. The first kappa shape index (κ1) is 15.2. The summed E-state index contributed by atoms with van der Waals surface area (Å²) in [6.07, 6.45) is 4.69. The normalized spacial score (nSPS) is 18.4. The van der Waals surface area contributed by atoms with Crippen molar-refractivity contribution in [1.82, 2.24) is 0 Å². The van der Waals surface area contributed by atoms with Crippen LogP contribution >= 0.6 is 0 Å². The van der Waals surface area contributed by atoms with Gasteiger partial charge in [-0.2, -0.15) is 0 Å². The second kappa shape index (κ2) is 5.87. The van der Waals surface area contributed by atoms with Crippen LogP contribution in [0.5, 0.6) is 0 Å². The molecule has 1 fully saturated rings. The Morgan fingerprint density at radius 1 is 1.33 bits per heavy atom. The Kier molecular flexibility index (Phi) is 4.97. The van der Waals surface area contributed by atoms with Crippen LogP contribution in [-0.2, 0) is 9.53 Å². The number of nitrogens with two attached hydrogens (primary N) is 1. The van der Waals surface area contributed by atoms with E-state index in [4.69, 9.17) is 4.74 Å². The van der Waals surface area contributed by atoms with E-state index in [0.29, 0.717) is 12.3 Å². The van der Waals surface area contributed by atoms with Gasteiger partial charge in [0.15, 0.2) is 0 Å². The Bertz CT molecular complexity index is 302. The van der Waals surface area contributed by atoms with Crippen molar-refractivity contribution >= 4 is 5.97 Å². The molecule has 0 bridgehead atoms. The Morgan fingerprint density at radius 2 is 1.89 bits per heavy atom. The molecule has 0 radical (unpaired) electrons. The summed E-state index contributed by atoms with van der Waals surface area (Å²) in [6.45, 7) is 13.9. The van der Waals surface area contributed by atoms with Crippen LogP contribution in [0.25, 0.3) is 0 Å². The summed E-state index contributed by atoms with van der Waals surface area (Å²) in [5.74, 6) is 0.368. The van der Waals surface area contributed by atoms with Gasteiger partial charge < -0.3 is 10.1 Å². The maximum atomic E-state index is 12.2. The molecule has 3 nitrogen and oxygen atoms in total. The molecule has 1 rings (SSSR count). The number of quaternary nitrogens is 1. The van der Waals surface area contributed by atoms with E-state index in [0.717, 1.165) is 25.9 Å². The molecule has 18 heavy (non-hydrogen) atoms. The molecular weight excluding hydrogens is 226 g/mol. The molecule has 0 aromatic carbocycles. The van der Waals surface area contributed by atoms with Crippen molar-refractivity contribution in [2.75, 3.05) is 13.1 Å². The summed E-state index contributed by atoms with van der Waals surface area (Å²) in [5, 5.41) is 2.33. The molecule has 0 saturated carbocycles. The second-order valence-corrected chi connectivity index (χ2v) is 6.51. The maximum Gasteiger partial charge on any atom is 0.312 e. The number of rotatable bonds is 5. The monoisotopic (exact) mass is 254 g/mol. The number of esters is 1. The molecular formula is C15H28NO2+. The molecule has 0 amide bonds. The van der Waals surface area contributed by atoms with E-state index in [1.165, 1.54) is 0 Å². The van der Waals surface area contributed by atoms with Crippen molar-refractivity contribution < 1.29 is 14.8 Å². The summed E-state index contributed by atoms with van der Waals surface area (Å²) < 4.78 is 5.79. The van der Waals surface area contributed by atoms with Gasteiger partial charge in [-0.3, -0.25) is 4.79 Å². The van der Waals surface area contributed by atoms with Crippen LogP contribution in [0.4, 0.5) is 0 Å². The molecule has 1 saturated heterocycles. The Morgan fingerprint density at radius 3 is 2.39 bits per heavy atom. The lowest BCUT2D eigenvalue weighted by Crippen LogP contribution is -2.86. The molecule has 1 heterocycles. The van der Waals surface area contributed by atoms with Gasteiger partial charge in [0.1, 0.15) is 5.60 Å². The summed E-state index contributed by atoms with van der Waals surface area (Å²) in [5.41, 5.74) is -0.830. The average molecular weight is 254 g/mol. The lowest BCUT2D eigenvalue weighted by atomic mass is 9.82. The lowest BCUT2D eigenvalue weighted by molar-refractivity contribution is -0.665. The number of allylic oxidation sites excluding steroid dienone is 1. The van der Waals surface area contributed by atoms with Gasteiger partial charge >= 0.3 is 5.97 Å². The molecule has 0 spiro atoms. The molecule has 0 aliphatic carbocycles. The van der Waals surface area contributed by atoms with Crippen LogP contribution < -0.4 is 5.32 Å². The summed E-state index contributed by atoms with van der Waals surface area (Å²) >= 11 is 0. The van der Waals surface area contributed by atoms with Gasteiger partial charge in [0.05, 0.1) is 18.5 Å². The van der Waals surface area contributed by atoms with Crippen LogP contribution in [0.15, 0.2) is 12.7 Å². The van der Waals surface area contributed by atoms with Crippen LogP contribution in [0, 0.1) is 11.3 Å². The smallest absolute Gasteiger partial charge is 0.312 e. The molecule has 0 aromatic rings. The fourth-order valence-corrected chi connectivity index (χ4v) is 2.53. The topological polar surface area (TPSA) is 42.9 Å². The van der Waals surface area contributed by atoms with Crippen LogP contribution in [-0.4, -0.2) is 24.7 Å². The van der Waals surface area contributed by atoms with Crippen molar-refractivity contribution in [1.29, 1.82) is 0 Å². The quantitative estimate of drug-likeness (QED) is 0.601. The highest BCUT2D eigenvalue weighted by Crippen LogP contribution is 2.32. The Hall–Kier alpha value is -0.830. The van der Waals surface area contributed by atoms with Crippen molar-refractivity contribution in [3.63, 3.8) is 0 Å². The van der Waals surface area contributed by atoms with Gasteiger partial charge in [-0.1, -0.05) is 6.08 Å². The average Bonchev–Trinajstić information content (AvgIpc) is 2.29. The number of piperidine rings is 1. The van der Waals surface area contributed by atoms with E-state index in [1.807, 2.05) is 27.7 Å². The SMILES string of the molecule is C=CCC(C)(C)C(=O)OC(C)(C)C1CC[NH2+]CC1. The van der Waals surface area contributed by atoms with Crippen molar-refractivity contribution in [3.05, 3.63) is 12.7 Å². The van der Waals surface area contributed by atoms with E-state index in [1.54, 1.807) is 6.08 Å². The molecule has 0 unspecified atom stereocenters. The van der Waals surface area contributed by atoms with Crippen LogP contribution in [0.3, 0.4) is 0 Å². The molecule has 0 atom stereocenters. The van der Waals surface area contributed by atoms with Gasteiger partial charge in [0, 0.05) is 18.8 Å². The van der Waals surface area contributed by atoms with Crippen molar-refractivity contribution in [2.45, 2.75) is 52.6 Å². The highest BCUT2D eigenvalue weighted by atomic mass is 16.6. The van der Waals surface area contributed by atoms with Gasteiger partial charge in [-0.15, -0.1) is 6.58 Å². The highest BCUT2D eigenvalue weighted by molar-refractivity contribution is 5.76. The first-order valence-electron chi connectivity index (χ1n) is 6.95. The number of carbonyl (C=O) groups excluding carboxylic acids is 1. The zero-order valence-corrected chi connectivity index (χ0v) is 12.3. The molecule has 1 aliphatic rings. The molecule has 1 aliphatic heterocycles. The molecule has 3 heteroatoms. The third-order valence-electron chi connectivity index (χ3n) is 3.98. The summed E-state index contributed by atoms with van der Waals surface area (Å²) in [4.78, 5) is 12.2. The minimum Gasteiger partial charge on any atom is -0.459 e. The minimum atomic E-state index is -0.472. The first-order chi connectivity index (χ1) is 8.29. The fraction of sp³-hybridized carbons (Fsp3) is 0.800. The number of hydrogen-bond acceptors (Lipinski definition) is 2. The zero-order valence-electron chi connectivity index (χ0n) is 12.3. The highest BCUT2D eigenvalue weighted by Gasteiger charge is 2.39. The van der Waals surface area contributed by atoms with E-state index in [-0.39, 0.29) is 11.6 Å². The number of hydrogen-bond donors (Lipinski definition) is 1. The number of ether oxygens (including phenoxy) is 1. The lowest BCUT2D eigenvalue weighted by Gasteiger charge is -2.37. The molecule has 104 valence electrons. The van der Waals surface area contributed by atoms with E-state index >= 15 is 0 Å².